The Kier molecular flexibility index (Phi) is 2.64. The number of hydrogen-bond acceptors (Lipinski definition) is 2. The third-order valence-electron chi connectivity index (χ3n) is 1.84. The summed E-state index contributed by atoms with van der Waals surface area (Å²) in [6.07, 6.45) is 0. The monoisotopic (exact) mass is 301 g/mol. The van der Waals surface area contributed by atoms with Crippen LogP contribution in [0.15, 0.2) is 30.3 Å². The zero-order chi connectivity index (χ0) is 9.26. The minimum absolute atomic E-state index is 1.11. The fraction of sp³-hybridized carbons (Fsp3) is 0.100. The van der Waals surface area contributed by atoms with Gasteiger partial charge in [0, 0.05) is 10.4 Å². The molecule has 2 rings (SSSR count). The summed E-state index contributed by atoms with van der Waals surface area (Å²) in [6, 6.07) is 10.3. The lowest BCUT2D eigenvalue weighted by molar-refractivity contribution is 1.48. The molecular weight excluding hydrogens is 293 g/mol. The van der Waals surface area contributed by atoms with Crippen LogP contribution in [-0.4, -0.2) is 4.37 Å². The van der Waals surface area contributed by atoms with Gasteiger partial charge >= 0.3 is 0 Å². The minimum atomic E-state index is 1.11. The molecule has 0 saturated heterocycles. The van der Waals surface area contributed by atoms with Crippen LogP contribution in [0.5, 0.6) is 0 Å². The van der Waals surface area contributed by atoms with Crippen molar-refractivity contribution in [1.29, 1.82) is 0 Å². The van der Waals surface area contributed by atoms with Crippen molar-refractivity contribution in [2.24, 2.45) is 0 Å². The Labute approximate surface area is 95.1 Å². The van der Waals surface area contributed by atoms with Crippen LogP contribution in [-0.2, 0) is 0 Å². The van der Waals surface area contributed by atoms with Gasteiger partial charge in [0.25, 0.3) is 0 Å². The SMILES string of the molecule is Cc1snc(-c2ccccc2)c1I. The van der Waals surface area contributed by atoms with E-state index in [1.54, 1.807) is 11.5 Å². The Morgan fingerprint density at radius 3 is 2.46 bits per heavy atom. The van der Waals surface area contributed by atoms with Crippen LogP contribution in [0.3, 0.4) is 0 Å². The van der Waals surface area contributed by atoms with Crippen LogP contribution < -0.4 is 0 Å². The lowest BCUT2D eigenvalue weighted by atomic mass is 10.1. The van der Waals surface area contributed by atoms with E-state index >= 15 is 0 Å². The van der Waals surface area contributed by atoms with E-state index < -0.39 is 0 Å². The molecule has 0 fully saturated rings. The number of rotatable bonds is 1. The van der Waals surface area contributed by atoms with Gasteiger partial charge in [-0.3, -0.25) is 0 Å². The third-order valence-corrected chi connectivity index (χ3v) is 4.28. The summed E-state index contributed by atoms with van der Waals surface area (Å²) in [7, 11) is 0. The highest BCUT2D eigenvalue weighted by molar-refractivity contribution is 14.1. The number of benzene rings is 1. The number of halogens is 1. The number of aryl methyl sites for hydroxylation is 1. The van der Waals surface area contributed by atoms with Crippen LogP contribution in [0.1, 0.15) is 4.88 Å². The first-order valence-corrected chi connectivity index (χ1v) is 5.81. The van der Waals surface area contributed by atoms with E-state index in [2.05, 4.69) is 46.0 Å². The Bertz CT molecular complexity index is 408. The topological polar surface area (TPSA) is 12.9 Å². The fourth-order valence-electron chi connectivity index (χ4n) is 1.14. The summed E-state index contributed by atoms with van der Waals surface area (Å²) >= 11 is 3.92. The van der Waals surface area contributed by atoms with Crippen molar-refractivity contribution < 1.29 is 0 Å². The predicted octanol–water partition coefficient (Wildman–Crippen LogP) is 3.72. The van der Waals surface area contributed by atoms with Gasteiger partial charge < -0.3 is 0 Å². The summed E-state index contributed by atoms with van der Waals surface area (Å²) in [5, 5.41) is 0. The quantitative estimate of drug-likeness (QED) is 0.732. The van der Waals surface area contributed by atoms with E-state index in [0.29, 0.717) is 0 Å². The van der Waals surface area contributed by atoms with E-state index in [9.17, 15) is 0 Å². The van der Waals surface area contributed by atoms with Gasteiger partial charge in [0.05, 0.1) is 9.26 Å². The van der Waals surface area contributed by atoms with Crippen molar-refractivity contribution in [3.63, 3.8) is 0 Å². The Morgan fingerprint density at radius 2 is 1.92 bits per heavy atom. The van der Waals surface area contributed by atoms with Crippen LogP contribution >= 0.6 is 34.1 Å². The molecule has 0 N–H and O–H groups in total. The molecule has 66 valence electrons. The standard InChI is InChI=1S/C10H8INS/c1-7-9(11)10(12-13-7)8-5-3-2-4-6-8/h2-6H,1H3. The first-order valence-electron chi connectivity index (χ1n) is 3.96. The third kappa shape index (κ3) is 1.76. The van der Waals surface area contributed by atoms with Crippen LogP contribution in [0, 0.1) is 10.5 Å². The Hall–Kier alpha value is -0.420. The minimum Gasteiger partial charge on any atom is -0.191 e. The van der Waals surface area contributed by atoms with Crippen molar-refractivity contribution >= 4 is 34.1 Å². The first-order chi connectivity index (χ1) is 6.29. The second-order valence-electron chi connectivity index (χ2n) is 2.77. The molecule has 0 aliphatic carbocycles. The van der Waals surface area contributed by atoms with Crippen molar-refractivity contribution in [3.05, 3.63) is 38.8 Å². The molecular formula is C10H8INS. The molecule has 0 aliphatic rings. The highest BCUT2D eigenvalue weighted by Crippen LogP contribution is 2.28. The van der Waals surface area contributed by atoms with Crippen LogP contribution in [0.4, 0.5) is 0 Å². The van der Waals surface area contributed by atoms with Crippen molar-refractivity contribution in [3.8, 4) is 11.3 Å². The van der Waals surface area contributed by atoms with Crippen molar-refractivity contribution in [2.75, 3.05) is 0 Å². The van der Waals surface area contributed by atoms with E-state index in [1.807, 2.05) is 18.2 Å². The van der Waals surface area contributed by atoms with Gasteiger partial charge in [0.2, 0.25) is 0 Å². The zero-order valence-electron chi connectivity index (χ0n) is 7.12. The number of aromatic nitrogens is 1. The molecule has 0 saturated carbocycles. The summed E-state index contributed by atoms with van der Waals surface area (Å²) in [6.45, 7) is 2.10. The molecule has 3 heteroatoms. The van der Waals surface area contributed by atoms with E-state index in [0.717, 1.165) is 5.69 Å². The highest BCUT2D eigenvalue weighted by Gasteiger charge is 2.08. The molecule has 0 amide bonds. The second kappa shape index (κ2) is 3.75. The Balaban J connectivity index is 2.53. The van der Waals surface area contributed by atoms with Gasteiger partial charge in [-0.15, -0.1) is 0 Å². The predicted molar refractivity (Wildman–Crippen MR) is 65.0 cm³/mol. The molecule has 0 aliphatic heterocycles. The molecule has 1 aromatic carbocycles. The smallest absolute Gasteiger partial charge is 0.0976 e. The van der Waals surface area contributed by atoms with E-state index in [1.165, 1.54) is 14.0 Å². The summed E-state index contributed by atoms with van der Waals surface area (Å²) < 4.78 is 5.69. The number of nitrogens with zero attached hydrogens (tertiary/aromatic N) is 1. The average molecular weight is 301 g/mol. The first kappa shape index (κ1) is 9.15. The molecule has 0 radical (unpaired) electrons. The van der Waals surface area contributed by atoms with Gasteiger partial charge in [-0.1, -0.05) is 30.3 Å². The zero-order valence-corrected chi connectivity index (χ0v) is 10.1. The lowest BCUT2D eigenvalue weighted by Gasteiger charge is -1.96. The van der Waals surface area contributed by atoms with Gasteiger partial charge in [0.1, 0.15) is 0 Å². The van der Waals surface area contributed by atoms with Crippen molar-refractivity contribution in [2.45, 2.75) is 6.92 Å². The van der Waals surface area contributed by atoms with E-state index in [4.69, 9.17) is 0 Å². The molecule has 0 atom stereocenters. The summed E-state index contributed by atoms with van der Waals surface area (Å²) in [4.78, 5) is 1.29. The fourth-order valence-corrected chi connectivity index (χ4v) is 2.63. The van der Waals surface area contributed by atoms with Crippen LogP contribution in [0.2, 0.25) is 0 Å². The molecule has 0 spiro atoms. The molecule has 2 aromatic rings. The van der Waals surface area contributed by atoms with Crippen molar-refractivity contribution in [1.82, 2.24) is 4.37 Å². The largest absolute Gasteiger partial charge is 0.191 e. The lowest BCUT2D eigenvalue weighted by Crippen LogP contribution is -1.79. The molecule has 13 heavy (non-hydrogen) atoms. The van der Waals surface area contributed by atoms with Gasteiger partial charge in [0.15, 0.2) is 0 Å². The molecule has 1 aromatic heterocycles. The van der Waals surface area contributed by atoms with Gasteiger partial charge in [-0.05, 0) is 41.0 Å². The maximum Gasteiger partial charge on any atom is 0.0976 e. The normalized spacial score (nSPS) is 10.3. The average Bonchev–Trinajstić information content (AvgIpc) is 2.49. The Morgan fingerprint density at radius 1 is 1.23 bits per heavy atom. The molecule has 0 unspecified atom stereocenters. The maximum atomic E-state index is 4.42. The molecule has 1 nitrogen and oxygen atoms in total. The van der Waals surface area contributed by atoms with Crippen LogP contribution in [0.25, 0.3) is 11.3 Å². The van der Waals surface area contributed by atoms with E-state index in [-0.39, 0.29) is 0 Å². The molecule has 1 heterocycles. The molecule has 0 bridgehead atoms. The summed E-state index contributed by atoms with van der Waals surface area (Å²) in [5.74, 6) is 0. The van der Waals surface area contributed by atoms with Gasteiger partial charge in [-0.25, -0.2) is 0 Å². The number of hydrogen-bond donors (Lipinski definition) is 0. The van der Waals surface area contributed by atoms with Gasteiger partial charge in [-0.2, -0.15) is 4.37 Å². The maximum absolute atomic E-state index is 4.42. The summed E-state index contributed by atoms with van der Waals surface area (Å²) in [5.41, 5.74) is 2.32. The second-order valence-corrected chi connectivity index (χ2v) is 4.82. The highest BCUT2D eigenvalue weighted by atomic mass is 127.